The second-order valence-corrected chi connectivity index (χ2v) is 7.28. The monoisotopic (exact) mass is 385 g/mol. The number of hydrogen-bond donors (Lipinski definition) is 0. The lowest BCUT2D eigenvalue weighted by Crippen LogP contribution is -2.52. The molecule has 1 saturated heterocycles. The first kappa shape index (κ1) is 20.0. The molecular formula is C21H27N3O4. The summed E-state index contributed by atoms with van der Waals surface area (Å²) in [5.74, 6) is -0.548. The Morgan fingerprint density at radius 1 is 0.893 bits per heavy atom. The van der Waals surface area contributed by atoms with Crippen molar-refractivity contribution in [3.8, 4) is 0 Å². The lowest BCUT2D eigenvalue weighted by atomic mass is 10.0. The zero-order valence-corrected chi connectivity index (χ0v) is 16.5. The summed E-state index contributed by atoms with van der Waals surface area (Å²) < 4.78 is 0. The molecule has 1 fully saturated rings. The van der Waals surface area contributed by atoms with Crippen molar-refractivity contribution < 1.29 is 19.2 Å². The van der Waals surface area contributed by atoms with Crippen LogP contribution in [0.2, 0.25) is 0 Å². The van der Waals surface area contributed by atoms with E-state index in [9.17, 15) is 19.2 Å². The smallest absolute Gasteiger partial charge is 0.261 e. The van der Waals surface area contributed by atoms with E-state index in [-0.39, 0.29) is 42.5 Å². The average molecular weight is 385 g/mol. The normalized spacial score (nSPS) is 16.8. The van der Waals surface area contributed by atoms with Gasteiger partial charge in [-0.1, -0.05) is 26.0 Å². The third-order valence-electron chi connectivity index (χ3n) is 5.71. The van der Waals surface area contributed by atoms with Gasteiger partial charge in [0.05, 0.1) is 11.1 Å². The van der Waals surface area contributed by atoms with Crippen LogP contribution in [0.5, 0.6) is 0 Å². The zero-order chi connectivity index (χ0) is 20.3. The summed E-state index contributed by atoms with van der Waals surface area (Å²) in [5, 5.41) is 0. The number of benzene rings is 1. The molecule has 2 aliphatic heterocycles. The highest BCUT2D eigenvalue weighted by molar-refractivity contribution is 6.21. The topological polar surface area (TPSA) is 78.0 Å². The highest BCUT2D eigenvalue weighted by atomic mass is 16.2. The van der Waals surface area contributed by atoms with Crippen molar-refractivity contribution in [3.63, 3.8) is 0 Å². The first-order valence-corrected chi connectivity index (χ1v) is 9.99. The van der Waals surface area contributed by atoms with Gasteiger partial charge in [0.25, 0.3) is 11.8 Å². The van der Waals surface area contributed by atoms with Gasteiger partial charge in [-0.2, -0.15) is 0 Å². The lowest BCUT2D eigenvalue weighted by Gasteiger charge is -2.36. The van der Waals surface area contributed by atoms with E-state index in [4.69, 9.17) is 0 Å². The number of hydrogen-bond acceptors (Lipinski definition) is 4. The largest absolute Gasteiger partial charge is 0.339 e. The molecule has 1 aromatic carbocycles. The van der Waals surface area contributed by atoms with Gasteiger partial charge in [0.1, 0.15) is 0 Å². The Bertz CT molecular complexity index is 745. The van der Waals surface area contributed by atoms with Gasteiger partial charge in [-0.15, -0.1) is 0 Å². The number of imide groups is 1. The number of nitrogens with zero attached hydrogens (tertiary/aromatic N) is 3. The van der Waals surface area contributed by atoms with Gasteiger partial charge in [-0.05, 0) is 25.0 Å². The molecule has 0 atom stereocenters. The van der Waals surface area contributed by atoms with E-state index < -0.39 is 0 Å². The second-order valence-electron chi connectivity index (χ2n) is 7.28. The Balaban J connectivity index is 1.50. The van der Waals surface area contributed by atoms with Crippen LogP contribution in [-0.4, -0.2) is 71.1 Å². The molecule has 0 radical (unpaired) electrons. The molecule has 0 unspecified atom stereocenters. The summed E-state index contributed by atoms with van der Waals surface area (Å²) in [5.41, 5.74) is 0.793. The van der Waals surface area contributed by atoms with E-state index in [1.165, 1.54) is 0 Å². The van der Waals surface area contributed by atoms with Crippen molar-refractivity contribution in [2.45, 2.75) is 33.1 Å². The molecule has 3 rings (SSSR count). The fourth-order valence-electron chi connectivity index (χ4n) is 3.88. The van der Waals surface area contributed by atoms with Crippen LogP contribution in [-0.2, 0) is 9.59 Å². The van der Waals surface area contributed by atoms with Crippen molar-refractivity contribution in [1.82, 2.24) is 14.7 Å². The van der Waals surface area contributed by atoms with Crippen LogP contribution in [0.1, 0.15) is 53.8 Å². The molecule has 150 valence electrons. The Kier molecular flexibility index (Phi) is 6.11. The van der Waals surface area contributed by atoms with Gasteiger partial charge in [0, 0.05) is 45.1 Å². The number of rotatable bonds is 6. The Hall–Kier alpha value is -2.70. The zero-order valence-electron chi connectivity index (χ0n) is 16.5. The summed E-state index contributed by atoms with van der Waals surface area (Å²) >= 11 is 0. The number of fused-ring (bicyclic) bond motifs is 1. The molecule has 0 saturated carbocycles. The number of carbonyl (C=O) groups is 4. The van der Waals surface area contributed by atoms with Crippen LogP contribution in [0.25, 0.3) is 0 Å². The summed E-state index contributed by atoms with van der Waals surface area (Å²) in [6.07, 6.45) is 1.76. The van der Waals surface area contributed by atoms with Crippen molar-refractivity contribution in [1.29, 1.82) is 0 Å². The molecule has 4 amide bonds. The molecule has 0 aliphatic carbocycles. The SMILES string of the molecule is CCC(CC)C(=O)N1CCN(C(=O)CCN2C(=O)c3ccccc3C2=O)CC1. The summed E-state index contributed by atoms with van der Waals surface area (Å²) in [6.45, 7) is 6.18. The van der Waals surface area contributed by atoms with Crippen molar-refractivity contribution in [3.05, 3.63) is 35.4 Å². The minimum absolute atomic E-state index is 0.0519. The first-order valence-electron chi connectivity index (χ1n) is 9.99. The molecule has 28 heavy (non-hydrogen) atoms. The Morgan fingerprint density at radius 2 is 1.39 bits per heavy atom. The van der Waals surface area contributed by atoms with E-state index in [0.29, 0.717) is 37.3 Å². The van der Waals surface area contributed by atoms with Gasteiger partial charge in [-0.25, -0.2) is 0 Å². The van der Waals surface area contributed by atoms with Gasteiger partial charge >= 0.3 is 0 Å². The second kappa shape index (κ2) is 8.54. The van der Waals surface area contributed by atoms with E-state index in [2.05, 4.69) is 0 Å². The van der Waals surface area contributed by atoms with Crippen LogP contribution in [0.15, 0.2) is 24.3 Å². The van der Waals surface area contributed by atoms with E-state index in [0.717, 1.165) is 17.7 Å². The fourth-order valence-corrected chi connectivity index (χ4v) is 3.88. The van der Waals surface area contributed by atoms with Crippen molar-refractivity contribution in [2.24, 2.45) is 5.92 Å². The number of amides is 4. The van der Waals surface area contributed by atoms with E-state index in [1.54, 1.807) is 29.2 Å². The highest BCUT2D eigenvalue weighted by Gasteiger charge is 2.35. The lowest BCUT2D eigenvalue weighted by molar-refractivity contribution is -0.142. The molecule has 1 aromatic rings. The number of piperazine rings is 1. The van der Waals surface area contributed by atoms with Crippen molar-refractivity contribution >= 4 is 23.6 Å². The molecular weight excluding hydrogens is 358 g/mol. The molecule has 0 spiro atoms. The summed E-state index contributed by atoms with van der Waals surface area (Å²) in [6, 6.07) is 6.71. The van der Waals surface area contributed by atoms with Gasteiger partial charge in [0.2, 0.25) is 11.8 Å². The Labute approximate surface area is 165 Å². The number of carbonyl (C=O) groups excluding carboxylic acids is 4. The average Bonchev–Trinajstić information content (AvgIpc) is 2.97. The van der Waals surface area contributed by atoms with Crippen LogP contribution >= 0.6 is 0 Å². The predicted octanol–water partition coefficient (Wildman–Crippen LogP) is 1.78. The van der Waals surface area contributed by atoms with Crippen LogP contribution in [0.4, 0.5) is 0 Å². The fraction of sp³-hybridized carbons (Fsp3) is 0.524. The quantitative estimate of drug-likeness (QED) is 0.700. The maximum absolute atomic E-state index is 12.5. The standard InChI is InChI=1S/C21H27N3O4/c1-3-15(4-2)19(26)23-13-11-22(12-14-23)18(25)9-10-24-20(27)16-7-5-6-8-17(16)21(24)28/h5-8,15H,3-4,9-14H2,1-2H3. The maximum Gasteiger partial charge on any atom is 0.261 e. The summed E-state index contributed by atoms with van der Waals surface area (Å²) in [4.78, 5) is 54.4. The minimum atomic E-state index is -0.339. The molecule has 2 heterocycles. The van der Waals surface area contributed by atoms with Crippen LogP contribution in [0, 0.1) is 5.92 Å². The highest BCUT2D eigenvalue weighted by Crippen LogP contribution is 2.22. The minimum Gasteiger partial charge on any atom is -0.339 e. The maximum atomic E-state index is 12.5. The predicted molar refractivity (Wildman–Crippen MR) is 104 cm³/mol. The van der Waals surface area contributed by atoms with Gasteiger partial charge in [0.15, 0.2) is 0 Å². The van der Waals surface area contributed by atoms with E-state index >= 15 is 0 Å². The molecule has 7 heteroatoms. The van der Waals surface area contributed by atoms with Gasteiger partial charge < -0.3 is 9.80 Å². The molecule has 2 aliphatic rings. The van der Waals surface area contributed by atoms with Crippen LogP contribution in [0.3, 0.4) is 0 Å². The Morgan fingerprint density at radius 3 is 1.89 bits per heavy atom. The van der Waals surface area contributed by atoms with Gasteiger partial charge in [-0.3, -0.25) is 24.1 Å². The molecule has 0 bridgehead atoms. The van der Waals surface area contributed by atoms with E-state index in [1.807, 2.05) is 18.7 Å². The molecule has 0 aromatic heterocycles. The third-order valence-corrected chi connectivity index (χ3v) is 5.71. The molecule has 7 nitrogen and oxygen atoms in total. The van der Waals surface area contributed by atoms with Crippen LogP contribution < -0.4 is 0 Å². The first-order chi connectivity index (χ1) is 13.5. The summed E-state index contributed by atoms with van der Waals surface area (Å²) in [7, 11) is 0. The third kappa shape index (κ3) is 3.79. The van der Waals surface area contributed by atoms with Crippen molar-refractivity contribution in [2.75, 3.05) is 32.7 Å². The molecule has 0 N–H and O–H groups in total.